The standard InChI is InChI=1S/C20H21NO3S/c1-24-20(23)16-10-13-6-2-3-8-15(13)12-21(16)19(22)18-11-14-7-4-5-9-17(14)25-18/h2-3,6,8,11,16H,4-5,7,9-10,12H2,1H3. The monoisotopic (exact) mass is 355 g/mol. The van der Waals surface area contributed by atoms with Crippen molar-refractivity contribution < 1.29 is 14.3 Å². The fourth-order valence-electron chi connectivity index (χ4n) is 3.82. The minimum atomic E-state index is -0.550. The number of carbonyl (C=O) groups is 2. The van der Waals surface area contributed by atoms with Gasteiger partial charge < -0.3 is 9.64 Å². The zero-order valence-corrected chi connectivity index (χ0v) is 15.1. The number of amides is 1. The van der Waals surface area contributed by atoms with Gasteiger partial charge in [0.1, 0.15) is 6.04 Å². The average Bonchev–Trinajstić information content (AvgIpc) is 3.10. The van der Waals surface area contributed by atoms with Crippen LogP contribution in [0.2, 0.25) is 0 Å². The van der Waals surface area contributed by atoms with Crippen molar-refractivity contribution in [2.24, 2.45) is 0 Å². The van der Waals surface area contributed by atoms with Gasteiger partial charge in [0, 0.05) is 17.8 Å². The van der Waals surface area contributed by atoms with Crippen LogP contribution >= 0.6 is 11.3 Å². The first-order chi connectivity index (χ1) is 12.2. The van der Waals surface area contributed by atoms with Crippen molar-refractivity contribution in [3.63, 3.8) is 0 Å². The van der Waals surface area contributed by atoms with Crippen LogP contribution < -0.4 is 0 Å². The highest BCUT2D eigenvalue weighted by Gasteiger charge is 2.36. The SMILES string of the molecule is COC(=O)C1Cc2ccccc2CN1C(=O)c1cc2c(s1)CCCC2. The highest BCUT2D eigenvalue weighted by atomic mass is 32.1. The van der Waals surface area contributed by atoms with Crippen LogP contribution in [0.4, 0.5) is 0 Å². The first-order valence-electron chi connectivity index (χ1n) is 8.74. The van der Waals surface area contributed by atoms with Crippen molar-refractivity contribution in [3.05, 3.63) is 56.8 Å². The Morgan fingerprint density at radius 3 is 2.64 bits per heavy atom. The fraction of sp³-hybridized carbons (Fsp3) is 0.400. The van der Waals surface area contributed by atoms with E-state index in [9.17, 15) is 9.59 Å². The van der Waals surface area contributed by atoms with E-state index in [1.807, 2.05) is 30.3 Å². The van der Waals surface area contributed by atoms with Gasteiger partial charge in [0.15, 0.2) is 0 Å². The second kappa shape index (κ2) is 6.64. The number of aryl methyl sites for hydroxylation is 2. The van der Waals surface area contributed by atoms with Crippen LogP contribution in [0.25, 0.3) is 0 Å². The third-order valence-electron chi connectivity index (χ3n) is 5.19. The van der Waals surface area contributed by atoms with Crippen LogP contribution in [-0.2, 0) is 35.3 Å². The molecule has 1 unspecified atom stereocenters. The molecule has 1 aromatic carbocycles. The summed E-state index contributed by atoms with van der Waals surface area (Å²) >= 11 is 1.60. The highest BCUT2D eigenvalue weighted by molar-refractivity contribution is 7.14. The maximum Gasteiger partial charge on any atom is 0.328 e. The molecular weight excluding hydrogens is 334 g/mol. The van der Waals surface area contributed by atoms with Crippen LogP contribution in [-0.4, -0.2) is 29.9 Å². The van der Waals surface area contributed by atoms with E-state index < -0.39 is 6.04 Å². The van der Waals surface area contributed by atoms with Crippen molar-refractivity contribution in [2.45, 2.75) is 44.7 Å². The third kappa shape index (κ3) is 2.97. The van der Waals surface area contributed by atoms with Gasteiger partial charge in [0.2, 0.25) is 0 Å². The third-order valence-corrected chi connectivity index (χ3v) is 6.42. The number of ether oxygens (including phenoxy) is 1. The van der Waals surface area contributed by atoms with E-state index in [1.165, 1.54) is 30.4 Å². The highest BCUT2D eigenvalue weighted by Crippen LogP contribution is 2.32. The molecule has 4 nitrogen and oxygen atoms in total. The lowest BCUT2D eigenvalue weighted by molar-refractivity contribution is -0.146. The summed E-state index contributed by atoms with van der Waals surface area (Å²) in [6, 6.07) is 9.49. The average molecular weight is 355 g/mol. The molecule has 25 heavy (non-hydrogen) atoms. The molecule has 0 saturated carbocycles. The van der Waals surface area contributed by atoms with Crippen molar-refractivity contribution in [1.82, 2.24) is 4.90 Å². The van der Waals surface area contributed by atoms with Gasteiger partial charge in [-0.15, -0.1) is 11.3 Å². The van der Waals surface area contributed by atoms with Crippen LogP contribution in [0.1, 0.15) is 44.1 Å². The molecule has 4 rings (SSSR count). The number of methoxy groups -OCH3 is 1. The van der Waals surface area contributed by atoms with Gasteiger partial charge in [0.05, 0.1) is 12.0 Å². The molecule has 1 aromatic heterocycles. The molecule has 0 saturated heterocycles. The maximum atomic E-state index is 13.2. The quantitative estimate of drug-likeness (QED) is 0.776. The Kier molecular flexibility index (Phi) is 4.34. The van der Waals surface area contributed by atoms with Crippen molar-refractivity contribution in [2.75, 3.05) is 7.11 Å². The zero-order valence-electron chi connectivity index (χ0n) is 14.3. The first kappa shape index (κ1) is 16.3. The smallest absolute Gasteiger partial charge is 0.328 e. The minimum absolute atomic E-state index is 0.0516. The van der Waals surface area contributed by atoms with E-state index in [2.05, 4.69) is 0 Å². The predicted molar refractivity (Wildman–Crippen MR) is 96.8 cm³/mol. The van der Waals surface area contributed by atoms with Gasteiger partial charge >= 0.3 is 5.97 Å². The predicted octanol–water partition coefficient (Wildman–Crippen LogP) is 3.37. The molecule has 1 amide bonds. The number of rotatable bonds is 2. The van der Waals surface area contributed by atoms with E-state index in [-0.39, 0.29) is 11.9 Å². The second-order valence-corrected chi connectivity index (χ2v) is 7.85. The lowest BCUT2D eigenvalue weighted by atomic mass is 9.93. The number of benzene rings is 1. The molecule has 5 heteroatoms. The summed E-state index contributed by atoms with van der Waals surface area (Å²) in [4.78, 5) is 29.3. The Balaban J connectivity index is 1.67. The Labute approximate surface area is 151 Å². The summed E-state index contributed by atoms with van der Waals surface area (Å²) in [5.74, 6) is -0.395. The molecule has 1 aliphatic carbocycles. The van der Waals surface area contributed by atoms with Crippen LogP contribution in [0, 0.1) is 0 Å². The van der Waals surface area contributed by atoms with Crippen molar-refractivity contribution >= 4 is 23.2 Å². The largest absolute Gasteiger partial charge is 0.467 e. The lowest BCUT2D eigenvalue weighted by Gasteiger charge is -2.34. The molecule has 2 heterocycles. The molecule has 2 aliphatic rings. The number of thiophene rings is 1. The van der Waals surface area contributed by atoms with E-state index in [4.69, 9.17) is 4.74 Å². The number of hydrogen-bond donors (Lipinski definition) is 0. The number of nitrogens with zero attached hydrogens (tertiary/aromatic N) is 1. The summed E-state index contributed by atoms with van der Waals surface area (Å²) in [6.07, 6.45) is 5.03. The summed E-state index contributed by atoms with van der Waals surface area (Å²) in [7, 11) is 1.38. The van der Waals surface area contributed by atoms with E-state index in [1.54, 1.807) is 16.2 Å². The topological polar surface area (TPSA) is 46.6 Å². The fourth-order valence-corrected chi connectivity index (χ4v) is 5.03. The van der Waals surface area contributed by atoms with Crippen LogP contribution in [0.3, 0.4) is 0 Å². The number of fused-ring (bicyclic) bond motifs is 2. The van der Waals surface area contributed by atoms with Crippen molar-refractivity contribution in [1.29, 1.82) is 0 Å². The first-order valence-corrected chi connectivity index (χ1v) is 9.56. The van der Waals surface area contributed by atoms with Gasteiger partial charge in [0.25, 0.3) is 5.91 Å². The summed E-state index contributed by atoms with van der Waals surface area (Å²) < 4.78 is 4.97. The molecule has 0 N–H and O–H groups in total. The van der Waals surface area contributed by atoms with E-state index >= 15 is 0 Å². The van der Waals surface area contributed by atoms with Crippen LogP contribution in [0.5, 0.6) is 0 Å². The summed E-state index contributed by atoms with van der Waals surface area (Å²) in [6.45, 7) is 0.456. The molecule has 2 aromatic rings. The van der Waals surface area contributed by atoms with Gasteiger partial charge in [-0.3, -0.25) is 4.79 Å². The Morgan fingerprint density at radius 2 is 1.88 bits per heavy atom. The Hall–Kier alpha value is -2.14. The molecule has 0 bridgehead atoms. The molecule has 0 fully saturated rings. The second-order valence-electron chi connectivity index (χ2n) is 6.71. The van der Waals surface area contributed by atoms with E-state index in [0.717, 1.165) is 28.8 Å². The number of hydrogen-bond acceptors (Lipinski definition) is 4. The Morgan fingerprint density at radius 1 is 1.12 bits per heavy atom. The zero-order chi connectivity index (χ0) is 17.4. The van der Waals surface area contributed by atoms with Gasteiger partial charge in [-0.1, -0.05) is 24.3 Å². The number of carbonyl (C=O) groups excluding carboxylic acids is 2. The lowest BCUT2D eigenvalue weighted by Crippen LogP contribution is -2.49. The van der Waals surface area contributed by atoms with Crippen LogP contribution in [0.15, 0.2) is 30.3 Å². The molecule has 0 spiro atoms. The summed E-state index contributed by atoms with van der Waals surface area (Å²) in [5.41, 5.74) is 3.54. The molecule has 1 atom stereocenters. The normalized spacial score (nSPS) is 19.1. The molecule has 1 aliphatic heterocycles. The number of esters is 1. The van der Waals surface area contributed by atoms with E-state index in [0.29, 0.717) is 13.0 Å². The van der Waals surface area contributed by atoms with Gasteiger partial charge in [-0.2, -0.15) is 0 Å². The Bertz CT molecular complexity index is 803. The van der Waals surface area contributed by atoms with Gasteiger partial charge in [-0.05, 0) is 48.4 Å². The molecule has 0 radical (unpaired) electrons. The maximum absolute atomic E-state index is 13.2. The molecule has 130 valence electrons. The van der Waals surface area contributed by atoms with Crippen molar-refractivity contribution in [3.8, 4) is 0 Å². The minimum Gasteiger partial charge on any atom is -0.467 e. The van der Waals surface area contributed by atoms with Gasteiger partial charge in [-0.25, -0.2) is 4.79 Å². The summed E-state index contributed by atoms with van der Waals surface area (Å²) in [5, 5.41) is 0. The molecular formula is C20H21NO3S.